The van der Waals surface area contributed by atoms with E-state index in [4.69, 9.17) is 0 Å². The fraction of sp³-hybridized carbons (Fsp3) is 0.778. The summed E-state index contributed by atoms with van der Waals surface area (Å²) in [4.78, 5) is 0. The van der Waals surface area contributed by atoms with Crippen LogP contribution in [0.3, 0.4) is 0 Å². The fourth-order valence-corrected chi connectivity index (χ4v) is 2.98. The van der Waals surface area contributed by atoms with Gasteiger partial charge in [-0.25, -0.2) is 0 Å². The number of anilines is 1. The van der Waals surface area contributed by atoms with Crippen LogP contribution in [0.15, 0.2) is 6.20 Å². The third kappa shape index (κ3) is 1.43. The molecule has 1 aromatic heterocycles. The quantitative estimate of drug-likeness (QED) is 0.785. The standard InChI is InChI=1S/C9H13N3S/c1-2-6-4-7(6)8(3-1)11-9-5-10-12-13-9/h5-8,11H,1-4H2. The minimum atomic E-state index is 0.709. The van der Waals surface area contributed by atoms with E-state index >= 15 is 0 Å². The minimum Gasteiger partial charge on any atom is -0.371 e. The van der Waals surface area contributed by atoms with Crippen molar-refractivity contribution >= 4 is 16.5 Å². The summed E-state index contributed by atoms with van der Waals surface area (Å²) in [5.41, 5.74) is 0. The second-order valence-electron chi connectivity index (χ2n) is 4.12. The van der Waals surface area contributed by atoms with Gasteiger partial charge in [-0.3, -0.25) is 0 Å². The molecule has 2 fully saturated rings. The van der Waals surface area contributed by atoms with Crippen molar-refractivity contribution in [1.82, 2.24) is 9.59 Å². The Bertz CT molecular complexity index is 285. The number of fused-ring (bicyclic) bond motifs is 1. The predicted octanol–water partition coefficient (Wildman–Crippen LogP) is 2.14. The lowest BCUT2D eigenvalue weighted by molar-refractivity contribution is 0.440. The Labute approximate surface area is 81.7 Å². The molecule has 70 valence electrons. The first-order valence-corrected chi connectivity index (χ1v) is 5.75. The average molecular weight is 195 g/mol. The number of hydrogen-bond acceptors (Lipinski definition) is 4. The monoisotopic (exact) mass is 195 g/mol. The molecule has 0 spiro atoms. The average Bonchev–Trinajstić information content (AvgIpc) is 2.77. The molecule has 0 aliphatic heterocycles. The topological polar surface area (TPSA) is 37.8 Å². The summed E-state index contributed by atoms with van der Waals surface area (Å²) in [5.74, 6) is 1.99. The summed E-state index contributed by atoms with van der Waals surface area (Å²) in [6, 6.07) is 0.709. The highest BCUT2D eigenvalue weighted by atomic mass is 32.1. The van der Waals surface area contributed by atoms with Gasteiger partial charge in [-0.05, 0) is 24.7 Å². The zero-order valence-corrected chi connectivity index (χ0v) is 8.26. The highest BCUT2D eigenvalue weighted by Gasteiger charge is 2.45. The van der Waals surface area contributed by atoms with Crippen LogP contribution in [0.2, 0.25) is 0 Å². The lowest BCUT2D eigenvalue weighted by Gasteiger charge is -2.22. The maximum absolute atomic E-state index is 3.86. The first-order valence-electron chi connectivity index (χ1n) is 4.97. The SMILES string of the molecule is c1nnsc1NC1CCCC2CC21. The molecule has 2 aliphatic rings. The van der Waals surface area contributed by atoms with Crippen LogP contribution in [0.1, 0.15) is 25.7 Å². The summed E-state index contributed by atoms with van der Waals surface area (Å²) >= 11 is 1.46. The number of aromatic nitrogens is 2. The Balaban J connectivity index is 1.66. The molecule has 3 rings (SSSR count). The maximum Gasteiger partial charge on any atom is 0.130 e. The molecule has 2 saturated carbocycles. The van der Waals surface area contributed by atoms with Crippen molar-refractivity contribution < 1.29 is 0 Å². The second kappa shape index (κ2) is 2.94. The number of hydrogen-bond donors (Lipinski definition) is 1. The van der Waals surface area contributed by atoms with E-state index in [2.05, 4.69) is 14.9 Å². The summed E-state index contributed by atoms with van der Waals surface area (Å²) < 4.78 is 3.86. The van der Waals surface area contributed by atoms with Crippen molar-refractivity contribution in [3.8, 4) is 0 Å². The van der Waals surface area contributed by atoms with Gasteiger partial charge in [0.2, 0.25) is 0 Å². The normalized spacial score (nSPS) is 36.8. The van der Waals surface area contributed by atoms with Gasteiger partial charge in [-0.1, -0.05) is 17.3 Å². The molecule has 13 heavy (non-hydrogen) atoms. The lowest BCUT2D eigenvalue weighted by Crippen LogP contribution is -2.24. The molecule has 0 aromatic carbocycles. The van der Waals surface area contributed by atoms with Crippen molar-refractivity contribution in [2.45, 2.75) is 31.7 Å². The molecule has 2 aliphatic carbocycles. The Morgan fingerprint density at radius 2 is 2.46 bits per heavy atom. The maximum atomic E-state index is 3.86. The van der Waals surface area contributed by atoms with E-state index in [1.807, 2.05) is 6.20 Å². The van der Waals surface area contributed by atoms with Crippen LogP contribution in [-0.4, -0.2) is 15.6 Å². The van der Waals surface area contributed by atoms with Crippen LogP contribution in [0.5, 0.6) is 0 Å². The van der Waals surface area contributed by atoms with Gasteiger partial charge in [-0.2, -0.15) is 0 Å². The van der Waals surface area contributed by atoms with Gasteiger partial charge in [0.25, 0.3) is 0 Å². The molecule has 1 heterocycles. The summed E-state index contributed by atoms with van der Waals surface area (Å²) in [5, 5.41) is 8.51. The molecule has 0 amide bonds. The highest BCUT2D eigenvalue weighted by molar-refractivity contribution is 7.09. The van der Waals surface area contributed by atoms with Crippen molar-refractivity contribution in [1.29, 1.82) is 0 Å². The number of rotatable bonds is 2. The smallest absolute Gasteiger partial charge is 0.130 e. The molecule has 1 aromatic rings. The van der Waals surface area contributed by atoms with E-state index in [0.717, 1.165) is 16.8 Å². The molecule has 4 heteroatoms. The Hall–Kier alpha value is -0.640. The van der Waals surface area contributed by atoms with Gasteiger partial charge in [0.1, 0.15) is 5.00 Å². The molecule has 0 saturated heterocycles. The zero-order valence-electron chi connectivity index (χ0n) is 7.44. The molecular formula is C9H13N3S. The highest BCUT2D eigenvalue weighted by Crippen LogP contribution is 2.50. The fourth-order valence-electron chi connectivity index (χ4n) is 2.50. The Morgan fingerprint density at radius 1 is 1.46 bits per heavy atom. The van der Waals surface area contributed by atoms with Crippen LogP contribution in [0, 0.1) is 11.8 Å². The van der Waals surface area contributed by atoms with E-state index in [9.17, 15) is 0 Å². The van der Waals surface area contributed by atoms with Crippen LogP contribution in [-0.2, 0) is 0 Å². The van der Waals surface area contributed by atoms with Crippen molar-refractivity contribution in [2.75, 3.05) is 5.32 Å². The van der Waals surface area contributed by atoms with Gasteiger partial charge in [0, 0.05) is 17.6 Å². The molecule has 1 N–H and O–H groups in total. The number of nitrogens with zero attached hydrogens (tertiary/aromatic N) is 2. The van der Waals surface area contributed by atoms with Crippen LogP contribution >= 0.6 is 11.5 Å². The van der Waals surface area contributed by atoms with Gasteiger partial charge in [0.05, 0.1) is 6.20 Å². The van der Waals surface area contributed by atoms with E-state index in [1.54, 1.807) is 0 Å². The summed E-state index contributed by atoms with van der Waals surface area (Å²) in [6.07, 6.45) is 7.47. The van der Waals surface area contributed by atoms with E-state index in [0.29, 0.717) is 6.04 Å². The Kier molecular flexibility index (Phi) is 1.75. The van der Waals surface area contributed by atoms with Crippen molar-refractivity contribution in [2.24, 2.45) is 11.8 Å². The number of nitrogens with one attached hydrogen (secondary N) is 1. The molecule has 3 unspecified atom stereocenters. The molecule has 3 nitrogen and oxygen atoms in total. The second-order valence-corrected chi connectivity index (χ2v) is 4.91. The van der Waals surface area contributed by atoms with Crippen molar-refractivity contribution in [3.05, 3.63) is 6.20 Å². The van der Waals surface area contributed by atoms with Gasteiger partial charge < -0.3 is 5.32 Å². The summed E-state index contributed by atoms with van der Waals surface area (Å²) in [6.45, 7) is 0. The lowest BCUT2D eigenvalue weighted by atomic mass is 9.96. The summed E-state index contributed by atoms with van der Waals surface area (Å²) in [7, 11) is 0. The van der Waals surface area contributed by atoms with Crippen LogP contribution in [0.4, 0.5) is 5.00 Å². The van der Waals surface area contributed by atoms with Crippen LogP contribution in [0.25, 0.3) is 0 Å². The van der Waals surface area contributed by atoms with Crippen LogP contribution < -0.4 is 5.32 Å². The van der Waals surface area contributed by atoms with Gasteiger partial charge >= 0.3 is 0 Å². The van der Waals surface area contributed by atoms with E-state index in [1.165, 1.54) is 37.2 Å². The zero-order chi connectivity index (χ0) is 8.67. The first-order chi connectivity index (χ1) is 6.43. The minimum absolute atomic E-state index is 0.709. The third-order valence-electron chi connectivity index (χ3n) is 3.27. The third-order valence-corrected chi connectivity index (χ3v) is 3.87. The van der Waals surface area contributed by atoms with Gasteiger partial charge in [0.15, 0.2) is 0 Å². The first kappa shape index (κ1) is 7.74. The van der Waals surface area contributed by atoms with E-state index < -0.39 is 0 Å². The van der Waals surface area contributed by atoms with Crippen molar-refractivity contribution in [3.63, 3.8) is 0 Å². The molecule has 0 radical (unpaired) electrons. The Morgan fingerprint density at radius 3 is 3.31 bits per heavy atom. The molecular weight excluding hydrogens is 182 g/mol. The van der Waals surface area contributed by atoms with Gasteiger partial charge in [-0.15, -0.1) is 5.10 Å². The predicted molar refractivity (Wildman–Crippen MR) is 52.8 cm³/mol. The largest absolute Gasteiger partial charge is 0.371 e. The molecule has 3 atom stereocenters. The van der Waals surface area contributed by atoms with E-state index in [-0.39, 0.29) is 0 Å². The molecule has 0 bridgehead atoms.